The molecule has 0 unspecified atom stereocenters. The highest BCUT2D eigenvalue weighted by Gasteiger charge is 2.11. The Bertz CT molecular complexity index is 560. The highest BCUT2D eigenvalue weighted by molar-refractivity contribution is 9.10. The van der Waals surface area contributed by atoms with E-state index in [1.54, 1.807) is 0 Å². The highest BCUT2D eigenvalue weighted by atomic mass is 79.9. The first-order chi connectivity index (χ1) is 11.2. The summed E-state index contributed by atoms with van der Waals surface area (Å²) in [4.78, 5) is 16.4. The van der Waals surface area contributed by atoms with Crippen LogP contribution in [0, 0.1) is 0 Å². The number of anilines is 1. The third-order valence-electron chi connectivity index (χ3n) is 3.43. The SMILES string of the molecule is CCNC(=NCCC(=O)Nc1ccc(Br)cc1)NC1CC=CC1. The van der Waals surface area contributed by atoms with E-state index in [1.165, 1.54) is 0 Å². The van der Waals surface area contributed by atoms with Crippen LogP contribution in [0.25, 0.3) is 0 Å². The van der Waals surface area contributed by atoms with E-state index in [2.05, 4.69) is 49.0 Å². The van der Waals surface area contributed by atoms with Gasteiger partial charge in [-0.25, -0.2) is 0 Å². The maximum absolute atomic E-state index is 11.9. The molecule has 0 saturated carbocycles. The Kier molecular flexibility index (Phi) is 7.13. The van der Waals surface area contributed by atoms with Crippen LogP contribution >= 0.6 is 15.9 Å². The molecule has 6 heteroatoms. The fraction of sp³-hybridized carbons (Fsp3) is 0.412. The van der Waals surface area contributed by atoms with Crippen LogP contribution in [0.3, 0.4) is 0 Å². The number of guanidine groups is 1. The molecule has 23 heavy (non-hydrogen) atoms. The Morgan fingerprint density at radius 2 is 1.96 bits per heavy atom. The Morgan fingerprint density at radius 3 is 2.61 bits per heavy atom. The number of amides is 1. The molecule has 0 spiro atoms. The average molecular weight is 379 g/mol. The van der Waals surface area contributed by atoms with Gasteiger partial charge in [0.25, 0.3) is 0 Å². The number of halogens is 1. The lowest BCUT2D eigenvalue weighted by Crippen LogP contribution is -2.42. The van der Waals surface area contributed by atoms with Gasteiger partial charge in [0.1, 0.15) is 0 Å². The van der Waals surface area contributed by atoms with Crippen molar-refractivity contribution in [3.63, 3.8) is 0 Å². The molecule has 0 heterocycles. The Balaban J connectivity index is 1.77. The van der Waals surface area contributed by atoms with Crippen LogP contribution in [-0.2, 0) is 4.79 Å². The van der Waals surface area contributed by atoms with Gasteiger partial charge in [0.15, 0.2) is 5.96 Å². The quantitative estimate of drug-likeness (QED) is 0.404. The van der Waals surface area contributed by atoms with Gasteiger partial charge >= 0.3 is 0 Å². The van der Waals surface area contributed by atoms with Crippen LogP contribution < -0.4 is 16.0 Å². The van der Waals surface area contributed by atoms with E-state index < -0.39 is 0 Å². The van der Waals surface area contributed by atoms with Crippen molar-refractivity contribution in [1.29, 1.82) is 0 Å². The molecule has 0 aromatic heterocycles. The summed E-state index contributed by atoms with van der Waals surface area (Å²) in [6.45, 7) is 3.29. The van der Waals surface area contributed by atoms with E-state index in [4.69, 9.17) is 0 Å². The Labute approximate surface area is 145 Å². The fourth-order valence-corrected chi connectivity index (χ4v) is 2.54. The van der Waals surface area contributed by atoms with Crippen molar-refractivity contribution in [2.45, 2.75) is 32.2 Å². The van der Waals surface area contributed by atoms with Gasteiger partial charge in [0, 0.05) is 29.2 Å². The van der Waals surface area contributed by atoms with Crippen LogP contribution in [0.15, 0.2) is 45.9 Å². The largest absolute Gasteiger partial charge is 0.357 e. The number of rotatable bonds is 6. The summed E-state index contributed by atoms with van der Waals surface area (Å²) in [5.41, 5.74) is 0.796. The van der Waals surface area contributed by atoms with Gasteiger partial charge in [0.2, 0.25) is 5.91 Å². The molecule has 0 fully saturated rings. The van der Waals surface area contributed by atoms with Crippen molar-refractivity contribution in [3.05, 3.63) is 40.9 Å². The number of hydrogen-bond acceptors (Lipinski definition) is 2. The van der Waals surface area contributed by atoms with E-state index in [0.29, 0.717) is 19.0 Å². The normalized spacial score (nSPS) is 14.8. The fourth-order valence-electron chi connectivity index (χ4n) is 2.27. The average Bonchev–Trinajstić information content (AvgIpc) is 3.03. The summed E-state index contributed by atoms with van der Waals surface area (Å²) >= 11 is 3.37. The van der Waals surface area contributed by atoms with Crippen LogP contribution in [0.5, 0.6) is 0 Å². The van der Waals surface area contributed by atoms with Crippen molar-refractivity contribution in [1.82, 2.24) is 10.6 Å². The molecule has 0 bridgehead atoms. The van der Waals surface area contributed by atoms with Gasteiger partial charge in [-0.15, -0.1) is 0 Å². The predicted molar refractivity (Wildman–Crippen MR) is 98.7 cm³/mol. The molecule has 124 valence electrons. The Morgan fingerprint density at radius 1 is 1.26 bits per heavy atom. The summed E-state index contributed by atoms with van der Waals surface area (Å²) in [5, 5.41) is 9.47. The first kappa shape index (κ1) is 17.5. The minimum absolute atomic E-state index is 0.0329. The number of aliphatic imine (C=N–C) groups is 1. The van der Waals surface area contributed by atoms with Crippen molar-refractivity contribution in [2.24, 2.45) is 4.99 Å². The molecular weight excluding hydrogens is 356 g/mol. The van der Waals surface area contributed by atoms with Gasteiger partial charge in [0.05, 0.1) is 6.54 Å². The molecule has 0 saturated heterocycles. The zero-order valence-electron chi connectivity index (χ0n) is 13.3. The standard InChI is InChI=1S/C17H23BrN4O/c1-2-19-17(22-14-5-3-4-6-14)20-12-11-16(23)21-15-9-7-13(18)8-10-15/h3-4,7-10,14H,2,5-6,11-12H2,1H3,(H,21,23)(H2,19,20,22). The van der Waals surface area contributed by atoms with E-state index in [9.17, 15) is 4.79 Å². The zero-order valence-corrected chi connectivity index (χ0v) is 14.9. The summed E-state index contributed by atoms with van der Waals surface area (Å²) in [5.74, 6) is 0.743. The van der Waals surface area contributed by atoms with Crippen LogP contribution in [-0.4, -0.2) is 31.0 Å². The molecule has 0 atom stereocenters. The Hall–Kier alpha value is -1.82. The number of hydrogen-bond donors (Lipinski definition) is 3. The molecule has 0 aliphatic heterocycles. The zero-order chi connectivity index (χ0) is 16.5. The summed E-state index contributed by atoms with van der Waals surface area (Å²) in [7, 11) is 0. The molecule has 1 aliphatic rings. The lowest BCUT2D eigenvalue weighted by Gasteiger charge is -2.16. The van der Waals surface area contributed by atoms with Gasteiger partial charge < -0.3 is 16.0 Å². The van der Waals surface area contributed by atoms with Crippen molar-refractivity contribution in [3.8, 4) is 0 Å². The molecule has 0 radical (unpaired) electrons. The van der Waals surface area contributed by atoms with Crippen LogP contribution in [0.2, 0.25) is 0 Å². The minimum atomic E-state index is -0.0329. The third-order valence-corrected chi connectivity index (χ3v) is 3.96. The van der Waals surface area contributed by atoms with Gasteiger partial charge in [-0.3, -0.25) is 9.79 Å². The number of nitrogens with one attached hydrogen (secondary N) is 3. The smallest absolute Gasteiger partial charge is 0.226 e. The van der Waals surface area contributed by atoms with E-state index in [-0.39, 0.29) is 5.91 Å². The van der Waals surface area contributed by atoms with Crippen LogP contribution in [0.4, 0.5) is 5.69 Å². The van der Waals surface area contributed by atoms with E-state index in [1.807, 2.05) is 31.2 Å². The van der Waals surface area contributed by atoms with E-state index >= 15 is 0 Å². The second kappa shape index (κ2) is 9.35. The van der Waals surface area contributed by atoms with E-state index in [0.717, 1.165) is 35.5 Å². The molecule has 5 nitrogen and oxygen atoms in total. The molecule has 1 amide bonds. The molecule has 1 aliphatic carbocycles. The lowest BCUT2D eigenvalue weighted by molar-refractivity contribution is -0.116. The summed E-state index contributed by atoms with van der Waals surface area (Å²) in [6.07, 6.45) is 6.75. The van der Waals surface area contributed by atoms with Crippen molar-refractivity contribution >= 4 is 33.5 Å². The molecule has 3 N–H and O–H groups in total. The highest BCUT2D eigenvalue weighted by Crippen LogP contribution is 2.14. The predicted octanol–water partition coefficient (Wildman–Crippen LogP) is 3.05. The second-order valence-electron chi connectivity index (χ2n) is 5.35. The second-order valence-corrected chi connectivity index (χ2v) is 6.27. The molecule has 1 aromatic rings. The summed E-state index contributed by atoms with van der Waals surface area (Å²) in [6, 6.07) is 7.94. The lowest BCUT2D eigenvalue weighted by atomic mass is 10.2. The summed E-state index contributed by atoms with van der Waals surface area (Å²) < 4.78 is 0.989. The van der Waals surface area contributed by atoms with Gasteiger partial charge in [-0.2, -0.15) is 0 Å². The monoisotopic (exact) mass is 378 g/mol. The van der Waals surface area contributed by atoms with Gasteiger partial charge in [-0.1, -0.05) is 28.1 Å². The molecule has 2 rings (SSSR count). The van der Waals surface area contributed by atoms with Crippen molar-refractivity contribution < 1.29 is 4.79 Å². The number of benzene rings is 1. The number of carbonyl (C=O) groups excluding carboxylic acids is 1. The topological polar surface area (TPSA) is 65.5 Å². The first-order valence-corrected chi connectivity index (χ1v) is 8.72. The maximum atomic E-state index is 11.9. The van der Waals surface area contributed by atoms with Crippen LogP contribution in [0.1, 0.15) is 26.2 Å². The minimum Gasteiger partial charge on any atom is -0.357 e. The van der Waals surface area contributed by atoms with Gasteiger partial charge in [-0.05, 0) is 44.0 Å². The number of nitrogens with zero attached hydrogens (tertiary/aromatic N) is 1. The number of carbonyl (C=O) groups is 1. The molecule has 1 aromatic carbocycles. The third kappa shape index (κ3) is 6.44. The van der Waals surface area contributed by atoms with Crippen molar-refractivity contribution in [2.75, 3.05) is 18.4 Å². The maximum Gasteiger partial charge on any atom is 0.226 e. The molecular formula is C17H23BrN4O. The first-order valence-electron chi connectivity index (χ1n) is 7.92.